The molecule has 1 heterocycles. The molecule has 1 atom stereocenters. The van der Waals surface area contributed by atoms with E-state index in [1.807, 2.05) is 45.0 Å². The van der Waals surface area contributed by atoms with Gasteiger partial charge < -0.3 is 15.4 Å². The molecule has 0 aliphatic carbocycles. The van der Waals surface area contributed by atoms with Crippen molar-refractivity contribution in [2.45, 2.75) is 39.7 Å². The molecule has 1 aromatic carbocycles. The third-order valence-corrected chi connectivity index (χ3v) is 3.91. The largest absolute Gasteiger partial charge is 0.497 e. The number of aromatic nitrogens is 2. The van der Waals surface area contributed by atoms with Gasteiger partial charge in [-0.25, -0.2) is 9.97 Å². The van der Waals surface area contributed by atoms with Gasteiger partial charge in [-0.1, -0.05) is 19.1 Å². The van der Waals surface area contributed by atoms with Crippen molar-refractivity contribution in [1.82, 2.24) is 15.3 Å². The molecule has 1 aromatic heterocycles. The fourth-order valence-electron chi connectivity index (χ4n) is 2.31. The molecule has 0 aliphatic heterocycles. The summed E-state index contributed by atoms with van der Waals surface area (Å²) in [5, 5.41) is 6.11. The van der Waals surface area contributed by atoms with Crippen molar-refractivity contribution in [3.8, 4) is 5.75 Å². The van der Waals surface area contributed by atoms with Crippen LogP contribution in [-0.2, 0) is 6.42 Å². The lowest BCUT2D eigenvalue weighted by Crippen LogP contribution is -2.32. The highest BCUT2D eigenvalue weighted by Crippen LogP contribution is 2.13. The van der Waals surface area contributed by atoms with Crippen LogP contribution in [0.1, 0.15) is 42.0 Å². The molecule has 0 saturated carbocycles. The smallest absolute Gasteiger partial charge is 0.270 e. The fourth-order valence-corrected chi connectivity index (χ4v) is 2.31. The van der Waals surface area contributed by atoms with Gasteiger partial charge in [0, 0.05) is 18.3 Å². The van der Waals surface area contributed by atoms with Crippen LogP contribution in [0.4, 0.5) is 5.95 Å². The second-order valence-electron chi connectivity index (χ2n) is 6.03. The van der Waals surface area contributed by atoms with Gasteiger partial charge in [0.15, 0.2) is 0 Å². The van der Waals surface area contributed by atoms with E-state index in [0.717, 1.165) is 29.8 Å². The van der Waals surface area contributed by atoms with Crippen molar-refractivity contribution >= 4 is 11.9 Å². The van der Waals surface area contributed by atoms with Crippen molar-refractivity contribution in [2.24, 2.45) is 0 Å². The number of benzene rings is 1. The van der Waals surface area contributed by atoms with E-state index in [1.165, 1.54) is 0 Å². The minimum Gasteiger partial charge on any atom is -0.497 e. The molecule has 0 saturated heterocycles. The van der Waals surface area contributed by atoms with Crippen molar-refractivity contribution in [3.05, 3.63) is 47.3 Å². The Hall–Kier alpha value is -2.63. The molecular formula is C19H26N4O2. The van der Waals surface area contributed by atoms with E-state index in [9.17, 15) is 4.79 Å². The molecular weight excluding hydrogens is 316 g/mol. The minimum absolute atomic E-state index is 0.118. The standard InChI is InChI=1S/C19H26N4O2/c1-5-13(2)21-18(24)17-11-14(3)22-19(23-17)20-10-9-15-7-6-8-16(12-15)25-4/h6-8,11-13H,5,9-10H2,1-4H3,(H,21,24)(H,20,22,23). The number of rotatable bonds is 8. The number of hydrogen-bond donors (Lipinski definition) is 2. The van der Waals surface area contributed by atoms with E-state index in [0.29, 0.717) is 18.2 Å². The van der Waals surface area contributed by atoms with Gasteiger partial charge in [-0.2, -0.15) is 0 Å². The summed E-state index contributed by atoms with van der Waals surface area (Å²) in [6, 6.07) is 9.76. The molecule has 0 bridgehead atoms. The number of hydrogen-bond acceptors (Lipinski definition) is 5. The SMILES string of the molecule is CCC(C)NC(=O)c1cc(C)nc(NCCc2cccc(OC)c2)n1. The van der Waals surface area contributed by atoms with Crippen LogP contribution in [0.5, 0.6) is 5.75 Å². The zero-order valence-corrected chi connectivity index (χ0v) is 15.3. The molecule has 1 unspecified atom stereocenters. The van der Waals surface area contributed by atoms with Gasteiger partial charge >= 0.3 is 0 Å². The van der Waals surface area contributed by atoms with Crippen molar-refractivity contribution in [2.75, 3.05) is 19.0 Å². The van der Waals surface area contributed by atoms with Gasteiger partial charge in [0.05, 0.1) is 7.11 Å². The Morgan fingerprint density at radius 1 is 1.28 bits per heavy atom. The number of amides is 1. The Morgan fingerprint density at radius 3 is 2.80 bits per heavy atom. The van der Waals surface area contributed by atoms with Crippen LogP contribution in [-0.4, -0.2) is 35.6 Å². The lowest BCUT2D eigenvalue weighted by Gasteiger charge is -2.12. The van der Waals surface area contributed by atoms with Gasteiger partial charge in [0.25, 0.3) is 5.91 Å². The molecule has 0 aliphatic rings. The molecule has 6 nitrogen and oxygen atoms in total. The number of nitrogens with zero attached hydrogens (tertiary/aromatic N) is 2. The molecule has 134 valence electrons. The first kappa shape index (κ1) is 18.7. The van der Waals surface area contributed by atoms with Gasteiger partial charge in [-0.15, -0.1) is 0 Å². The Morgan fingerprint density at radius 2 is 2.08 bits per heavy atom. The zero-order valence-electron chi connectivity index (χ0n) is 15.3. The number of nitrogens with one attached hydrogen (secondary N) is 2. The molecule has 2 aromatic rings. The van der Waals surface area contributed by atoms with Gasteiger partial charge in [0.1, 0.15) is 11.4 Å². The first-order valence-corrected chi connectivity index (χ1v) is 8.55. The number of anilines is 1. The average molecular weight is 342 g/mol. The maximum absolute atomic E-state index is 12.2. The monoisotopic (exact) mass is 342 g/mol. The summed E-state index contributed by atoms with van der Waals surface area (Å²) < 4.78 is 5.23. The van der Waals surface area contributed by atoms with Crippen LogP contribution in [0.3, 0.4) is 0 Å². The van der Waals surface area contributed by atoms with Crippen LogP contribution < -0.4 is 15.4 Å². The quantitative estimate of drug-likeness (QED) is 0.771. The molecule has 6 heteroatoms. The summed E-state index contributed by atoms with van der Waals surface area (Å²) in [5.41, 5.74) is 2.30. The summed E-state index contributed by atoms with van der Waals surface area (Å²) in [4.78, 5) is 20.9. The lowest BCUT2D eigenvalue weighted by atomic mass is 10.1. The molecule has 1 amide bonds. The molecule has 2 rings (SSSR count). The van der Waals surface area contributed by atoms with Crippen LogP contribution in [0, 0.1) is 6.92 Å². The molecule has 0 spiro atoms. The van der Waals surface area contributed by atoms with Gasteiger partial charge in [-0.05, 0) is 50.5 Å². The van der Waals surface area contributed by atoms with E-state index in [-0.39, 0.29) is 11.9 Å². The second-order valence-corrected chi connectivity index (χ2v) is 6.03. The number of carbonyl (C=O) groups excluding carboxylic acids is 1. The number of ether oxygens (including phenoxy) is 1. The summed E-state index contributed by atoms with van der Waals surface area (Å²) in [6.45, 7) is 6.53. The third kappa shape index (κ3) is 5.74. The first-order valence-electron chi connectivity index (χ1n) is 8.55. The maximum Gasteiger partial charge on any atom is 0.270 e. The van der Waals surface area contributed by atoms with Crippen LogP contribution >= 0.6 is 0 Å². The number of carbonyl (C=O) groups is 1. The van der Waals surface area contributed by atoms with Crippen molar-refractivity contribution in [3.63, 3.8) is 0 Å². The van der Waals surface area contributed by atoms with Crippen molar-refractivity contribution < 1.29 is 9.53 Å². The second kappa shape index (κ2) is 9.01. The first-order chi connectivity index (χ1) is 12.0. The minimum atomic E-state index is -0.171. The van der Waals surface area contributed by atoms with Crippen LogP contribution in [0.25, 0.3) is 0 Å². The van der Waals surface area contributed by atoms with Crippen molar-refractivity contribution in [1.29, 1.82) is 0 Å². The Kier molecular flexibility index (Phi) is 6.74. The number of methoxy groups -OCH3 is 1. The lowest BCUT2D eigenvalue weighted by molar-refractivity contribution is 0.0934. The predicted molar refractivity (Wildman–Crippen MR) is 99.2 cm³/mol. The molecule has 0 radical (unpaired) electrons. The Labute approximate surface area is 149 Å². The highest BCUT2D eigenvalue weighted by Gasteiger charge is 2.12. The Bertz CT molecular complexity index is 718. The van der Waals surface area contributed by atoms with Crippen LogP contribution in [0.2, 0.25) is 0 Å². The topological polar surface area (TPSA) is 76.1 Å². The summed E-state index contributed by atoms with van der Waals surface area (Å²) in [5.74, 6) is 1.14. The van der Waals surface area contributed by atoms with E-state index in [2.05, 4.69) is 20.6 Å². The summed E-state index contributed by atoms with van der Waals surface area (Å²) in [6.07, 6.45) is 1.68. The Balaban J connectivity index is 1.98. The predicted octanol–water partition coefficient (Wildman–Crippen LogP) is 2.98. The van der Waals surface area contributed by atoms with E-state index < -0.39 is 0 Å². The fraction of sp³-hybridized carbons (Fsp3) is 0.421. The molecule has 0 fully saturated rings. The normalized spacial score (nSPS) is 11.7. The van der Waals surface area contributed by atoms with E-state index in [4.69, 9.17) is 4.74 Å². The summed E-state index contributed by atoms with van der Waals surface area (Å²) >= 11 is 0. The maximum atomic E-state index is 12.2. The molecule has 2 N–H and O–H groups in total. The van der Waals surface area contributed by atoms with E-state index >= 15 is 0 Å². The highest BCUT2D eigenvalue weighted by molar-refractivity contribution is 5.92. The average Bonchev–Trinajstić information content (AvgIpc) is 2.61. The number of aryl methyl sites for hydroxylation is 1. The molecule has 25 heavy (non-hydrogen) atoms. The van der Waals surface area contributed by atoms with E-state index in [1.54, 1.807) is 13.2 Å². The third-order valence-electron chi connectivity index (χ3n) is 3.91. The van der Waals surface area contributed by atoms with Crippen LogP contribution in [0.15, 0.2) is 30.3 Å². The van der Waals surface area contributed by atoms with Gasteiger partial charge in [0.2, 0.25) is 5.95 Å². The van der Waals surface area contributed by atoms with Gasteiger partial charge in [-0.3, -0.25) is 4.79 Å². The highest BCUT2D eigenvalue weighted by atomic mass is 16.5. The zero-order chi connectivity index (χ0) is 18.2. The summed E-state index contributed by atoms with van der Waals surface area (Å²) in [7, 11) is 1.66.